The van der Waals surface area contributed by atoms with Crippen LogP contribution >= 0.6 is 24.2 Å². The Morgan fingerprint density at radius 3 is 2.32 bits per heavy atom. The number of thioether (sulfide) groups is 1. The minimum absolute atomic E-state index is 0. The Morgan fingerprint density at radius 2 is 1.84 bits per heavy atom. The van der Waals surface area contributed by atoms with Crippen LogP contribution in [-0.4, -0.2) is 27.0 Å². The molecule has 1 aromatic carbocycles. The summed E-state index contributed by atoms with van der Waals surface area (Å²) in [6, 6.07) is 8.73. The highest BCUT2D eigenvalue weighted by Gasteiger charge is 2.32. The van der Waals surface area contributed by atoms with Crippen LogP contribution in [0, 0.1) is 0 Å². The topological polar surface area (TPSA) is 80.4 Å². The molecule has 0 heterocycles. The van der Waals surface area contributed by atoms with Gasteiger partial charge in [-0.25, -0.2) is 0 Å². The van der Waals surface area contributed by atoms with Crippen molar-refractivity contribution in [1.82, 2.24) is 0 Å². The van der Waals surface area contributed by atoms with Crippen molar-refractivity contribution in [2.45, 2.75) is 31.1 Å². The van der Waals surface area contributed by atoms with Crippen LogP contribution in [0.4, 0.5) is 0 Å². The van der Waals surface area contributed by atoms with Gasteiger partial charge in [0.2, 0.25) is 5.12 Å². The van der Waals surface area contributed by atoms with Gasteiger partial charge in [0.05, 0.1) is 6.04 Å². The molecule has 0 saturated carbocycles. The highest BCUT2D eigenvalue weighted by Crippen LogP contribution is 2.26. The van der Waals surface area contributed by atoms with Crippen molar-refractivity contribution in [1.29, 1.82) is 0 Å². The molecule has 0 unspecified atom stereocenters. The number of carboxylic acids is 1. The van der Waals surface area contributed by atoms with Crippen LogP contribution in [0.2, 0.25) is 0 Å². The van der Waals surface area contributed by atoms with Gasteiger partial charge in [0.15, 0.2) is 0 Å². The fourth-order valence-electron chi connectivity index (χ4n) is 1.32. The molecular formula is C13H18ClNO3S. The minimum Gasteiger partial charge on any atom is -0.480 e. The van der Waals surface area contributed by atoms with Gasteiger partial charge in [-0.3, -0.25) is 9.59 Å². The third-order valence-electron chi connectivity index (χ3n) is 2.47. The Morgan fingerprint density at radius 1 is 1.32 bits per heavy atom. The lowest BCUT2D eigenvalue weighted by Gasteiger charge is -2.19. The number of aliphatic carboxylic acids is 1. The molecule has 0 radical (unpaired) electrons. The first-order chi connectivity index (χ1) is 8.33. The Labute approximate surface area is 123 Å². The fourth-order valence-corrected chi connectivity index (χ4v) is 2.15. The smallest absolute Gasteiger partial charge is 0.319 e. The zero-order valence-electron chi connectivity index (χ0n) is 10.8. The molecule has 0 aliphatic heterocycles. The predicted molar refractivity (Wildman–Crippen MR) is 79.7 cm³/mol. The van der Waals surface area contributed by atoms with E-state index in [2.05, 4.69) is 0 Å². The normalized spacial score (nSPS) is 12.4. The van der Waals surface area contributed by atoms with E-state index in [0.717, 1.165) is 17.3 Å². The number of carbonyl (C=O) groups excluding carboxylic acids is 1. The van der Waals surface area contributed by atoms with Crippen LogP contribution in [0.3, 0.4) is 0 Å². The number of nitrogens with two attached hydrogens (primary N) is 1. The van der Waals surface area contributed by atoms with Gasteiger partial charge in [0.1, 0.15) is 4.75 Å². The number of halogens is 1. The average Bonchev–Trinajstić information content (AvgIpc) is 2.29. The van der Waals surface area contributed by atoms with Gasteiger partial charge in [-0.2, -0.15) is 0 Å². The van der Waals surface area contributed by atoms with Crippen LogP contribution in [0.15, 0.2) is 30.3 Å². The second kappa shape index (κ2) is 7.53. The van der Waals surface area contributed by atoms with Crippen molar-refractivity contribution < 1.29 is 14.7 Å². The highest BCUT2D eigenvalue weighted by atomic mass is 35.5. The summed E-state index contributed by atoms with van der Waals surface area (Å²) < 4.78 is -1.15. The predicted octanol–water partition coefficient (Wildman–Crippen LogP) is 2.10. The maximum atomic E-state index is 11.8. The number of rotatable bonds is 5. The van der Waals surface area contributed by atoms with Gasteiger partial charge in [0, 0.05) is 0 Å². The molecule has 0 saturated heterocycles. The summed E-state index contributed by atoms with van der Waals surface area (Å²) in [4.78, 5) is 22.8. The maximum Gasteiger partial charge on any atom is 0.319 e. The van der Waals surface area contributed by atoms with Crippen molar-refractivity contribution >= 4 is 35.3 Å². The Kier molecular flexibility index (Phi) is 7.11. The molecular weight excluding hydrogens is 286 g/mol. The Bertz CT molecular complexity index is 437. The number of carbonyl (C=O) groups is 2. The molecule has 1 atom stereocenters. The quantitative estimate of drug-likeness (QED) is 0.870. The second-order valence-electron chi connectivity index (χ2n) is 4.53. The van der Waals surface area contributed by atoms with E-state index < -0.39 is 16.8 Å². The second-order valence-corrected chi connectivity index (χ2v) is 6.16. The Hall–Kier alpha value is -1.04. The summed E-state index contributed by atoms with van der Waals surface area (Å²) in [6.07, 6.45) is 0.419. The molecule has 0 bridgehead atoms. The third kappa shape index (κ3) is 5.63. The first-order valence-electron chi connectivity index (χ1n) is 5.58. The lowest BCUT2D eigenvalue weighted by atomic mass is 10.1. The lowest BCUT2D eigenvalue weighted by Crippen LogP contribution is -2.36. The van der Waals surface area contributed by atoms with Crippen molar-refractivity contribution in [3.63, 3.8) is 0 Å². The number of hydrogen-bond acceptors (Lipinski definition) is 4. The molecule has 106 valence electrons. The van der Waals surface area contributed by atoms with Gasteiger partial charge in [-0.05, 0) is 25.8 Å². The van der Waals surface area contributed by atoms with E-state index in [1.165, 1.54) is 13.8 Å². The zero-order chi connectivity index (χ0) is 13.8. The van der Waals surface area contributed by atoms with Crippen LogP contribution < -0.4 is 5.73 Å². The molecule has 1 rings (SSSR count). The molecule has 0 aliphatic rings. The zero-order valence-corrected chi connectivity index (χ0v) is 12.5. The summed E-state index contributed by atoms with van der Waals surface area (Å²) in [5.41, 5.74) is 6.76. The van der Waals surface area contributed by atoms with E-state index in [9.17, 15) is 9.59 Å². The molecule has 0 fully saturated rings. The number of benzene rings is 1. The Balaban J connectivity index is 0.00000324. The molecule has 3 N–H and O–H groups in total. The van der Waals surface area contributed by atoms with Crippen LogP contribution in [0.1, 0.15) is 19.4 Å². The lowest BCUT2D eigenvalue weighted by molar-refractivity contribution is -0.139. The first-order valence-corrected chi connectivity index (χ1v) is 6.40. The van der Waals surface area contributed by atoms with Gasteiger partial charge in [-0.15, -0.1) is 12.4 Å². The van der Waals surface area contributed by atoms with E-state index in [1.807, 2.05) is 30.3 Å². The molecule has 1 aromatic rings. The van der Waals surface area contributed by atoms with Gasteiger partial charge < -0.3 is 10.8 Å². The maximum absolute atomic E-state index is 11.8. The van der Waals surface area contributed by atoms with Crippen LogP contribution in [0.5, 0.6) is 0 Å². The fraction of sp³-hybridized carbons (Fsp3) is 0.385. The van der Waals surface area contributed by atoms with Crippen molar-refractivity contribution in [2.75, 3.05) is 0 Å². The minimum atomic E-state index is -1.15. The SMILES string of the molecule is CC(C)(SC(=O)[C@@H](N)Cc1ccccc1)C(=O)O.Cl. The van der Waals surface area contributed by atoms with Crippen molar-refractivity contribution in [3.8, 4) is 0 Å². The van der Waals surface area contributed by atoms with Crippen molar-refractivity contribution in [2.24, 2.45) is 5.73 Å². The third-order valence-corrected chi connectivity index (χ3v) is 3.66. The van der Waals surface area contributed by atoms with Crippen LogP contribution in [-0.2, 0) is 16.0 Å². The molecule has 0 amide bonds. The summed E-state index contributed by atoms with van der Waals surface area (Å²) in [7, 11) is 0. The monoisotopic (exact) mass is 303 g/mol. The van der Waals surface area contributed by atoms with E-state index >= 15 is 0 Å². The molecule has 0 spiro atoms. The molecule has 6 heteroatoms. The van der Waals surface area contributed by atoms with E-state index in [1.54, 1.807) is 0 Å². The van der Waals surface area contributed by atoms with Crippen molar-refractivity contribution in [3.05, 3.63) is 35.9 Å². The largest absolute Gasteiger partial charge is 0.480 e. The molecule has 0 aromatic heterocycles. The van der Waals surface area contributed by atoms with E-state index in [0.29, 0.717) is 6.42 Å². The number of hydrogen-bond donors (Lipinski definition) is 2. The van der Waals surface area contributed by atoms with Gasteiger partial charge in [0.25, 0.3) is 0 Å². The number of carboxylic acid groups (broad SMARTS) is 1. The summed E-state index contributed by atoms with van der Waals surface area (Å²) in [6.45, 7) is 2.99. The van der Waals surface area contributed by atoms with Gasteiger partial charge >= 0.3 is 5.97 Å². The standard InChI is InChI=1S/C13H17NO3S.ClH/c1-13(2,12(16)17)18-11(15)10(14)8-9-6-4-3-5-7-9;/h3-7,10H,8,14H2,1-2H3,(H,16,17);1H/t10-;/m0./s1. The highest BCUT2D eigenvalue weighted by molar-refractivity contribution is 8.15. The molecule has 4 nitrogen and oxygen atoms in total. The average molecular weight is 304 g/mol. The van der Waals surface area contributed by atoms with E-state index in [-0.39, 0.29) is 17.5 Å². The van der Waals surface area contributed by atoms with Gasteiger partial charge in [-0.1, -0.05) is 42.1 Å². The molecule has 0 aliphatic carbocycles. The summed E-state index contributed by atoms with van der Waals surface area (Å²) in [5.74, 6) is -1.02. The van der Waals surface area contributed by atoms with E-state index in [4.69, 9.17) is 10.8 Å². The molecule has 19 heavy (non-hydrogen) atoms. The summed E-state index contributed by atoms with van der Waals surface area (Å²) in [5, 5.41) is 8.65. The first kappa shape index (κ1) is 18.0. The summed E-state index contributed by atoms with van der Waals surface area (Å²) >= 11 is 0.774. The van der Waals surface area contributed by atoms with Crippen LogP contribution in [0.25, 0.3) is 0 Å².